The van der Waals surface area contributed by atoms with E-state index in [1.807, 2.05) is 21.1 Å². The fraction of sp³-hybridized carbons (Fsp3) is 0.735. The summed E-state index contributed by atoms with van der Waals surface area (Å²) in [5, 5.41) is 11.5. The Morgan fingerprint density at radius 3 is 1.95 bits per heavy atom. The molecule has 0 radical (unpaired) electrons. The summed E-state index contributed by atoms with van der Waals surface area (Å²) in [5.41, 5.74) is 0. The largest absolute Gasteiger partial charge is 0.545 e. The maximum absolute atomic E-state index is 12.5. The first-order chi connectivity index (χ1) is 20.6. The SMILES string of the molecule is CC/C=C\C/C=C\C/C=C\CCCCCC(=O)OC(COC(=O)CCCCCCC)COC(OCC[N+](C)(C)C)C(=O)[O-]. The molecule has 0 aliphatic heterocycles. The van der Waals surface area contributed by atoms with Crippen molar-refractivity contribution in [2.45, 2.75) is 116 Å². The third-order valence-electron chi connectivity index (χ3n) is 6.40. The Balaban J connectivity index is 4.64. The molecule has 0 heterocycles. The number of esters is 2. The average Bonchev–Trinajstić information content (AvgIpc) is 2.94. The van der Waals surface area contributed by atoms with Gasteiger partial charge in [-0.05, 0) is 44.9 Å². The molecule has 248 valence electrons. The quantitative estimate of drug-likeness (QED) is 0.0380. The minimum absolute atomic E-state index is 0.141. The molecule has 0 rings (SSSR count). The first-order valence-electron chi connectivity index (χ1n) is 16.1. The number of allylic oxidation sites excluding steroid dienone is 6. The number of hydrogen-bond donors (Lipinski definition) is 0. The topological polar surface area (TPSA) is 111 Å². The Labute approximate surface area is 260 Å². The maximum atomic E-state index is 12.5. The first-order valence-corrected chi connectivity index (χ1v) is 16.1. The van der Waals surface area contributed by atoms with E-state index in [2.05, 4.69) is 50.3 Å². The number of likely N-dealkylation sites (N-methyl/N-ethyl adjacent to an activating group) is 1. The van der Waals surface area contributed by atoms with Crippen molar-refractivity contribution < 1.29 is 42.9 Å². The Kier molecular flexibility index (Phi) is 25.5. The molecule has 0 aliphatic carbocycles. The second-order valence-corrected chi connectivity index (χ2v) is 11.7. The first kappa shape index (κ1) is 40.5. The van der Waals surface area contributed by atoms with Gasteiger partial charge in [-0.1, -0.05) is 82.4 Å². The second-order valence-electron chi connectivity index (χ2n) is 11.7. The van der Waals surface area contributed by atoms with Crippen LogP contribution in [-0.4, -0.2) is 82.3 Å². The lowest BCUT2D eigenvalue weighted by Crippen LogP contribution is -2.44. The van der Waals surface area contributed by atoms with Crippen LogP contribution in [0.5, 0.6) is 0 Å². The molecule has 0 saturated heterocycles. The summed E-state index contributed by atoms with van der Waals surface area (Å²) in [7, 11) is 5.86. The minimum atomic E-state index is -1.62. The van der Waals surface area contributed by atoms with Crippen molar-refractivity contribution in [3.05, 3.63) is 36.5 Å². The van der Waals surface area contributed by atoms with E-state index in [9.17, 15) is 19.5 Å². The lowest BCUT2D eigenvalue weighted by Gasteiger charge is -2.26. The summed E-state index contributed by atoms with van der Waals surface area (Å²) in [6.07, 6.45) is 22.3. The molecular weight excluding hydrogens is 550 g/mol. The van der Waals surface area contributed by atoms with Gasteiger partial charge in [0.15, 0.2) is 12.4 Å². The zero-order valence-corrected chi connectivity index (χ0v) is 27.6. The van der Waals surface area contributed by atoms with Crippen molar-refractivity contribution in [2.24, 2.45) is 0 Å². The summed E-state index contributed by atoms with van der Waals surface area (Å²) in [4.78, 5) is 36.3. The molecular formula is C34H59NO8. The lowest BCUT2D eigenvalue weighted by atomic mass is 10.1. The molecule has 0 fully saturated rings. The highest BCUT2D eigenvalue weighted by Crippen LogP contribution is 2.10. The highest BCUT2D eigenvalue weighted by molar-refractivity contribution is 5.70. The number of unbranched alkanes of at least 4 members (excludes halogenated alkanes) is 7. The average molecular weight is 610 g/mol. The molecule has 0 aromatic heterocycles. The van der Waals surface area contributed by atoms with Gasteiger partial charge in [-0.3, -0.25) is 9.59 Å². The molecule has 0 bridgehead atoms. The molecule has 0 N–H and O–H groups in total. The number of nitrogens with zero attached hydrogens (tertiary/aromatic N) is 1. The third-order valence-corrected chi connectivity index (χ3v) is 6.40. The van der Waals surface area contributed by atoms with Gasteiger partial charge in [0.1, 0.15) is 13.2 Å². The molecule has 0 saturated carbocycles. The van der Waals surface area contributed by atoms with Gasteiger partial charge in [-0.15, -0.1) is 0 Å². The number of quaternary nitrogens is 1. The van der Waals surface area contributed by atoms with Crippen molar-refractivity contribution in [3.8, 4) is 0 Å². The van der Waals surface area contributed by atoms with Gasteiger partial charge >= 0.3 is 11.9 Å². The predicted octanol–water partition coefficient (Wildman–Crippen LogP) is 5.43. The molecule has 2 atom stereocenters. The zero-order valence-electron chi connectivity index (χ0n) is 27.6. The van der Waals surface area contributed by atoms with Crippen LogP contribution in [0.2, 0.25) is 0 Å². The van der Waals surface area contributed by atoms with Crippen LogP contribution in [0.4, 0.5) is 0 Å². The fourth-order valence-electron chi connectivity index (χ4n) is 3.84. The molecule has 0 spiro atoms. The normalized spacial score (nSPS) is 13.6. The Bertz CT molecular complexity index is 816. The minimum Gasteiger partial charge on any atom is -0.545 e. The number of aliphatic carboxylic acids is 1. The smallest absolute Gasteiger partial charge is 0.306 e. The summed E-state index contributed by atoms with van der Waals surface area (Å²) >= 11 is 0. The number of carboxylic acids is 1. The van der Waals surface area contributed by atoms with Crippen LogP contribution >= 0.6 is 0 Å². The third kappa shape index (κ3) is 28.1. The van der Waals surface area contributed by atoms with Crippen molar-refractivity contribution in [3.63, 3.8) is 0 Å². The molecule has 0 aromatic carbocycles. The van der Waals surface area contributed by atoms with E-state index in [0.717, 1.165) is 70.6 Å². The van der Waals surface area contributed by atoms with E-state index in [-0.39, 0.29) is 38.6 Å². The molecule has 0 aromatic rings. The van der Waals surface area contributed by atoms with E-state index in [1.165, 1.54) is 0 Å². The molecule has 9 heteroatoms. The standard InChI is InChI=1S/C34H59NO8/c1-6-8-10-12-13-14-15-16-17-18-19-21-23-25-32(37)43-30(28-41-31(36)24-22-20-11-9-7-2)29-42-34(33(38)39)40-27-26-35(3,4)5/h8,10,13-14,16-17,30,34H,6-7,9,11-12,15,18-29H2,1-5H3/b10-8-,14-13-,17-16-. The number of carboxylic acid groups (broad SMARTS) is 1. The zero-order chi connectivity index (χ0) is 32.2. The van der Waals surface area contributed by atoms with Gasteiger partial charge in [0.25, 0.3) is 0 Å². The highest BCUT2D eigenvalue weighted by Gasteiger charge is 2.21. The Morgan fingerprint density at radius 2 is 1.33 bits per heavy atom. The van der Waals surface area contributed by atoms with Crippen LogP contribution in [0.25, 0.3) is 0 Å². The molecule has 0 amide bonds. The fourth-order valence-corrected chi connectivity index (χ4v) is 3.84. The summed E-state index contributed by atoms with van der Waals surface area (Å²) in [5.74, 6) is -2.35. The summed E-state index contributed by atoms with van der Waals surface area (Å²) in [6.45, 7) is 4.44. The lowest BCUT2D eigenvalue weighted by molar-refractivity contribution is -0.870. The number of carbonyl (C=O) groups is 3. The van der Waals surface area contributed by atoms with E-state index in [1.54, 1.807) is 0 Å². The Hall–Kier alpha value is -2.49. The van der Waals surface area contributed by atoms with Crippen LogP contribution < -0.4 is 5.11 Å². The van der Waals surface area contributed by atoms with Gasteiger partial charge in [-0.25, -0.2) is 0 Å². The van der Waals surface area contributed by atoms with E-state index >= 15 is 0 Å². The van der Waals surface area contributed by atoms with Crippen LogP contribution in [-0.2, 0) is 33.3 Å². The maximum Gasteiger partial charge on any atom is 0.306 e. The number of hydrogen-bond acceptors (Lipinski definition) is 8. The monoisotopic (exact) mass is 609 g/mol. The van der Waals surface area contributed by atoms with Crippen molar-refractivity contribution in [1.82, 2.24) is 0 Å². The van der Waals surface area contributed by atoms with Crippen LogP contribution in [0, 0.1) is 0 Å². The number of ether oxygens (including phenoxy) is 4. The number of carbonyl (C=O) groups excluding carboxylic acids is 3. The van der Waals surface area contributed by atoms with Crippen molar-refractivity contribution in [2.75, 3.05) is 47.5 Å². The van der Waals surface area contributed by atoms with Crippen molar-refractivity contribution >= 4 is 17.9 Å². The van der Waals surface area contributed by atoms with Crippen LogP contribution in [0.1, 0.15) is 104 Å². The van der Waals surface area contributed by atoms with Gasteiger partial charge in [0, 0.05) is 12.8 Å². The molecule has 43 heavy (non-hydrogen) atoms. The number of rotatable bonds is 28. The van der Waals surface area contributed by atoms with Gasteiger partial charge in [0.2, 0.25) is 0 Å². The predicted molar refractivity (Wildman–Crippen MR) is 168 cm³/mol. The van der Waals surface area contributed by atoms with Crippen LogP contribution in [0.15, 0.2) is 36.5 Å². The summed E-state index contributed by atoms with van der Waals surface area (Å²) < 4.78 is 22.2. The molecule has 2 unspecified atom stereocenters. The molecule has 0 aliphatic rings. The van der Waals surface area contributed by atoms with Crippen LogP contribution in [0.3, 0.4) is 0 Å². The molecule has 9 nitrogen and oxygen atoms in total. The van der Waals surface area contributed by atoms with Gasteiger partial charge < -0.3 is 33.3 Å². The van der Waals surface area contributed by atoms with E-state index < -0.39 is 24.3 Å². The Morgan fingerprint density at radius 1 is 0.721 bits per heavy atom. The van der Waals surface area contributed by atoms with Crippen molar-refractivity contribution in [1.29, 1.82) is 0 Å². The van der Waals surface area contributed by atoms with E-state index in [0.29, 0.717) is 17.4 Å². The summed E-state index contributed by atoms with van der Waals surface area (Å²) in [6, 6.07) is 0. The highest BCUT2D eigenvalue weighted by atomic mass is 16.7. The van der Waals surface area contributed by atoms with E-state index in [4.69, 9.17) is 18.9 Å². The van der Waals surface area contributed by atoms with Gasteiger partial charge in [-0.2, -0.15) is 0 Å². The second kappa shape index (κ2) is 27.1. The van der Waals surface area contributed by atoms with Gasteiger partial charge in [0.05, 0.1) is 40.3 Å².